The van der Waals surface area contributed by atoms with Crippen LogP contribution in [0.3, 0.4) is 0 Å². The van der Waals surface area contributed by atoms with Gasteiger partial charge < -0.3 is 9.84 Å². The van der Waals surface area contributed by atoms with Gasteiger partial charge in [-0.15, -0.1) is 0 Å². The van der Waals surface area contributed by atoms with Crippen LogP contribution in [0, 0.1) is 0 Å². The SMILES string of the molecule is O=C(O)COc1cccc(C=C2SC(=S)N(c3cccc(C(F)(F)F)c3)C2=O)c1. The van der Waals surface area contributed by atoms with E-state index in [1.165, 1.54) is 18.2 Å². The molecule has 29 heavy (non-hydrogen) atoms. The zero-order chi connectivity index (χ0) is 21.2. The van der Waals surface area contributed by atoms with E-state index in [2.05, 4.69) is 0 Å². The zero-order valence-corrected chi connectivity index (χ0v) is 16.1. The number of nitrogens with zero attached hydrogens (tertiary/aromatic N) is 1. The van der Waals surface area contributed by atoms with Gasteiger partial charge in [-0.25, -0.2) is 4.79 Å². The fourth-order valence-corrected chi connectivity index (χ4v) is 3.80. The lowest BCUT2D eigenvalue weighted by Crippen LogP contribution is -2.27. The van der Waals surface area contributed by atoms with Crippen molar-refractivity contribution < 1.29 is 32.6 Å². The Labute approximate surface area is 172 Å². The highest BCUT2D eigenvalue weighted by Crippen LogP contribution is 2.38. The zero-order valence-electron chi connectivity index (χ0n) is 14.5. The molecule has 0 unspecified atom stereocenters. The van der Waals surface area contributed by atoms with E-state index < -0.39 is 30.2 Å². The Morgan fingerprint density at radius 2 is 1.93 bits per heavy atom. The van der Waals surface area contributed by atoms with Gasteiger partial charge in [0.1, 0.15) is 5.75 Å². The molecule has 1 saturated heterocycles. The van der Waals surface area contributed by atoms with Crippen molar-refractivity contribution in [3.8, 4) is 5.75 Å². The van der Waals surface area contributed by atoms with E-state index in [0.717, 1.165) is 28.8 Å². The molecule has 0 spiro atoms. The van der Waals surface area contributed by atoms with Crippen LogP contribution in [0.15, 0.2) is 53.4 Å². The lowest BCUT2D eigenvalue weighted by atomic mass is 10.1. The third-order valence-corrected chi connectivity index (χ3v) is 5.05. The summed E-state index contributed by atoms with van der Waals surface area (Å²) in [6, 6.07) is 10.8. The van der Waals surface area contributed by atoms with Gasteiger partial charge in [-0.05, 0) is 42.0 Å². The first-order valence-electron chi connectivity index (χ1n) is 8.05. The first kappa shape index (κ1) is 20.9. The second-order valence-corrected chi connectivity index (χ2v) is 7.50. The van der Waals surface area contributed by atoms with Gasteiger partial charge in [0, 0.05) is 0 Å². The number of benzene rings is 2. The average molecular weight is 439 g/mol. The summed E-state index contributed by atoms with van der Waals surface area (Å²) in [6.45, 7) is -0.513. The molecule has 3 rings (SSSR count). The van der Waals surface area contributed by atoms with Gasteiger partial charge >= 0.3 is 12.1 Å². The highest BCUT2D eigenvalue weighted by molar-refractivity contribution is 8.27. The van der Waals surface area contributed by atoms with E-state index >= 15 is 0 Å². The summed E-state index contributed by atoms with van der Waals surface area (Å²) in [7, 11) is 0. The van der Waals surface area contributed by atoms with Crippen molar-refractivity contribution in [2.24, 2.45) is 0 Å². The smallest absolute Gasteiger partial charge is 0.416 e. The molecule has 0 aromatic heterocycles. The van der Waals surface area contributed by atoms with Crippen molar-refractivity contribution in [2.45, 2.75) is 6.18 Å². The summed E-state index contributed by atoms with van der Waals surface area (Å²) in [6.07, 6.45) is -3.02. The summed E-state index contributed by atoms with van der Waals surface area (Å²) in [5.74, 6) is -1.37. The van der Waals surface area contributed by atoms with Crippen LogP contribution >= 0.6 is 24.0 Å². The van der Waals surface area contributed by atoms with Gasteiger partial charge in [-0.1, -0.05) is 42.2 Å². The van der Waals surface area contributed by atoms with Gasteiger partial charge in [-0.2, -0.15) is 13.2 Å². The number of alkyl halides is 3. The number of carbonyl (C=O) groups excluding carboxylic acids is 1. The molecule has 0 radical (unpaired) electrons. The van der Waals surface area contributed by atoms with Crippen LogP contribution in [0.25, 0.3) is 6.08 Å². The number of hydrogen-bond acceptors (Lipinski definition) is 5. The fraction of sp³-hybridized carbons (Fsp3) is 0.105. The maximum Gasteiger partial charge on any atom is 0.416 e. The first-order chi connectivity index (χ1) is 13.6. The number of thioether (sulfide) groups is 1. The summed E-state index contributed by atoms with van der Waals surface area (Å²) >= 11 is 6.14. The molecular formula is C19H12F3NO4S2. The number of carboxylic acid groups (broad SMARTS) is 1. The molecule has 0 bridgehead atoms. The minimum absolute atomic E-state index is 0.0317. The summed E-state index contributed by atoms with van der Waals surface area (Å²) in [5, 5.41) is 8.67. The van der Waals surface area contributed by atoms with Crippen LogP contribution < -0.4 is 9.64 Å². The Morgan fingerprint density at radius 3 is 2.62 bits per heavy atom. The Hall–Kier alpha value is -2.85. The number of thiocarbonyl (C=S) groups is 1. The van der Waals surface area contributed by atoms with Gasteiger partial charge in [0.15, 0.2) is 10.9 Å². The molecule has 0 aliphatic carbocycles. The van der Waals surface area contributed by atoms with Crippen molar-refractivity contribution in [1.29, 1.82) is 0 Å². The minimum atomic E-state index is -4.54. The molecule has 10 heteroatoms. The Kier molecular flexibility index (Phi) is 5.94. The number of carbonyl (C=O) groups is 2. The largest absolute Gasteiger partial charge is 0.482 e. The van der Waals surface area contributed by atoms with Gasteiger partial charge in [0.05, 0.1) is 16.2 Å². The average Bonchev–Trinajstić information content (AvgIpc) is 2.93. The maximum absolute atomic E-state index is 13.0. The summed E-state index contributed by atoms with van der Waals surface area (Å²) in [5.41, 5.74) is -0.294. The minimum Gasteiger partial charge on any atom is -0.482 e. The number of amides is 1. The van der Waals surface area contributed by atoms with Crippen LogP contribution in [0.1, 0.15) is 11.1 Å². The first-order valence-corrected chi connectivity index (χ1v) is 9.27. The molecule has 5 nitrogen and oxygen atoms in total. The van der Waals surface area contributed by atoms with Gasteiger partial charge in [0.25, 0.3) is 5.91 Å². The maximum atomic E-state index is 13.0. The molecule has 0 atom stereocenters. The summed E-state index contributed by atoms with van der Waals surface area (Å²) in [4.78, 5) is 24.6. The lowest BCUT2D eigenvalue weighted by Gasteiger charge is -2.16. The van der Waals surface area contributed by atoms with Gasteiger partial charge in [-0.3, -0.25) is 9.69 Å². The molecule has 1 aliphatic rings. The number of halogens is 3. The molecule has 150 valence electrons. The topological polar surface area (TPSA) is 66.8 Å². The van der Waals surface area contributed by atoms with E-state index in [0.29, 0.717) is 11.3 Å². The van der Waals surface area contributed by atoms with E-state index in [1.807, 2.05) is 0 Å². The molecule has 0 saturated carbocycles. The molecule has 1 fully saturated rings. The Morgan fingerprint density at radius 1 is 1.21 bits per heavy atom. The monoisotopic (exact) mass is 439 g/mol. The number of ether oxygens (including phenoxy) is 1. The Bertz CT molecular complexity index is 1020. The molecule has 1 N–H and O–H groups in total. The van der Waals surface area contributed by atoms with Crippen molar-refractivity contribution >= 4 is 51.9 Å². The van der Waals surface area contributed by atoms with Crippen LogP contribution in [0.2, 0.25) is 0 Å². The fourth-order valence-electron chi connectivity index (χ4n) is 2.50. The highest BCUT2D eigenvalue weighted by Gasteiger charge is 2.36. The number of anilines is 1. The molecule has 2 aromatic carbocycles. The number of carboxylic acids is 1. The quantitative estimate of drug-likeness (QED) is 0.544. The van der Waals surface area contributed by atoms with Crippen molar-refractivity contribution in [2.75, 3.05) is 11.5 Å². The number of rotatable bonds is 5. The predicted octanol–water partition coefficient (Wildman–Crippen LogP) is 4.57. The number of hydrogen-bond donors (Lipinski definition) is 1. The number of aliphatic carboxylic acids is 1. The van der Waals surface area contributed by atoms with Crippen LogP contribution in [0.4, 0.5) is 18.9 Å². The lowest BCUT2D eigenvalue weighted by molar-refractivity contribution is -0.139. The highest BCUT2D eigenvalue weighted by atomic mass is 32.2. The van der Waals surface area contributed by atoms with E-state index in [9.17, 15) is 22.8 Å². The predicted molar refractivity (Wildman–Crippen MR) is 107 cm³/mol. The standard InChI is InChI=1S/C19H12F3NO4S2/c20-19(21,22)12-4-2-5-13(9-12)23-17(26)15(29-18(23)28)8-11-3-1-6-14(7-11)27-10-16(24)25/h1-9H,10H2,(H,24,25). The van der Waals surface area contributed by atoms with Crippen molar-refractivity contribution in [3.63, 3.8) is 0 Å². The van der Waals surface area contributed by atoms with Crippen LogP contribution in [-0.4, -0.2) is 27.9 Å². The molecule has 1 amide bonds. The van der Waals surface area contributed by atoms with E-state index in [1.54, 1.807) is 24.3 Å². The Balaban J connectivity index is 1.86. The normalized spacial score (nSPS) is 15.8. The molecule has 2 aromatic rings. The third kappa shape index (κ3) is 4.96. The molecular weight excluding hydrogens is 427 g/mol. The van der Waals surface area contributed by atoms with Crippen molar-refractivity contribution in [3.05, 3.63) is 64.6 Å². The second-order valence-electron chi connectivity index (χ2n) is 5.82. The van der Waals surface area contributed by atoms with Crippen LogP contribution in [-0.2, 0) is 15.8 Å². The summed E-state index contributed by atoms with van der Waals surface area (Å²) < 4.78 is 44.1. The van der Waals surface area contributed by atoms with E-state index in [4.69, 9.17) is 22.1 Å². The van der Waals surface area contributed by atoms with E-state index in [-0.39, 0.29) is 14.9 Å². The van der Waals surface area contributed by atoms with Crippen LogP contribution in [0.5, 0.6) is 5.75 Å². The molecule has 1 heterocycles. The van der Waals surface area contributed by atoms with Crippen molar-refractivity contribution in [1.82, 2.24) is 0 Å². The van der Waals surface area contributed by atoms with Gasteiger partial charge in [0.2, 0.25) is 0 Å². The molecule has 1 aliphatic heterocycles. The second kappa shape index (κ2) is 8.26. The third-order valence-electron chi connectivity index (χ3n) is 3.74.